The van der Waals surface area contributed by atoms with Crippen LogP contribution in [-0.4, -0.2) is 65.5 Å². The summed E-state index contributed by atoms with van der Waals surface area (Å²) in [6.45, 7) is 4.69. The molecule has 0 aliphatic carbocycles. The van der Waals surface area contributed by atoms with Gasteiger partial charge in [0.05, 0.1) is 10.6 Å². The number of thioether (sulfide) groups is 1. The summed E-state index contributed by atoms with van der Waals surface area (Å²) >= 11 is 1.29. The van der Waals surface area contributed by atoms with Crippen LogP contribution in [0.1, 0.15) is 19.8 Å². The Morgan fingerprint density at radius 3 is 2.47 bits per heavy atom. The molecule has 2 aromatic carbocycles. The number of benzene rings is 2. The standard InChI is InChI=1S/C24H27N5O5S2/c1-2-29-23(17-5-8-19(9-6-17)36(31,32)28-11-3-4-12-28)26-27-24(29)35-16-22(30)25-18-7-10-20-21(15-18)34-14-13-33-20/h5-10,15H,2-4,11-14,16H2,1H3,(H,25,30). The topological polar surface area (TPSA) is 116 Å². The summed E-state index contributed by atoms with van der Waals surface area (Å²) < 4.78 is 40.1. The van der Waals surface area contributed by atoms with Gasteiger partial charge in [-0.1, -0.05) is 11.8 Å². The van der Waals surface area contributed by atoms with E-state index in [4.69, 9.17) is 9.47 Å². The summed E-state index contributed by atoms with van der Waals surface area (Å²) in [6, 6.07) is 12.0. The minimum atomic E-state index is -3.47. The van der Waals surface area contributed by atoms with Crippen LogP contribution in [0.3, 0.4) is 0 Å². The lowest BCUT2D eigenvalue weighted by molar-refractivity contribution is -0.113. The molecule has 1 saturated heterocycles. The number of aromatic nitrogens is 3. The van der Waals surface area contributed by atoms with E-state index in [1.807, 2.05) is 11.5 Å². The van der Waals surface area contributed by atoms with Crippen molar-refractivity contribution in [3.63, 3.8) is 0 Å². The molecule has 1 aromatic heterocycles. The Hall–Kier alpha value is -3.09. The van der Waals surface area contributed by atoms with Gasteiger partial charge in [0, 0.05) is 37.0 Å². The fourth-order valence-corrected chi connectivity index (χ4v) is 6.52. The van der Waals surface area contributed by atoms with Crippen LogP contribution in [0, 0.1) is 0 Å². The van der Waals surface area contributed by atoms with E-state index in [9.17, 15) is 13.2 Å². The third kappa shape index (κ3) is 5.06. The summed E-state index contributed by atoms with van der Waals surface area (Å²) in [5.74, 6) is 1.87. The highest BCUT2D eigenvalue weighted by molar-refractivity contribution is 7.99. The van der Waals surface area contributed by atoms with Gasteiger partial charge in [0.15, 0.2) is 22.5 Å². The first-order valence-electron chi connectivity index (χ1n) is 11.8. The summed E-state index contributed by atoms with van der Waals surface area (Å²) in [4.78, 5) is 12.8. The molecular weight excluding hydrogens is 502 g/mol. The third-order valence-electron chi connectivity index (χ3n) is 6.01. The molecule has 2 aliphatic rings. The van der Waals surface area contributed by atoms with Crippen molar-refractivity contribution in [1.29, 1.82) is 0 Å². The quantitative estimate of drug-likeness (QED) is 0.442. The van der Waals surface area contributed by atoms with Gasteiger partial charge in [-0.3, -0.25) is 4.79 Å². The molecule has 12 heteroatoms. The molecule has 2 aliphatic heterocycles. The van der Waals surface area contributed by atoms with Gasteiger partial charge in [-0.25, -0.2) is 8.42 Å². The van der Waals surface area contributed by atoms with Crippen LogP contribution < -0.4 is 14.8 Å². The van der Waals surface area contributed by atoms with E-state index in [-0.39, 0.29) is 16.6 Å². The largest absolute Gasteiger partial charge is 0.486 e. The molecule has 1 amide bonds. The molecule has 36 heavy (non-hydrogen) atoms. The van der Waals surface area contributed by atoms with E-state index in [0.717, 1.165) is 18.4 Å². The van der Waals surface area contributed by atoms with Crippen molar-refractivity contribution >= 4 is 33.4 Å². The lowest BCUT2D eigenvalue weighted by atomic mass is 10.2. The minimum absolute atomic E-state index is 0.152. The van der Waals surface area contributed by atoms with Gasteiger partial charge in [0.1, 0.15) is 13.2 Å². The first-order chi connectivity index (χ1) is 17.5. The first kappa shape index (κ1) is 24.6. The molecular formula is C24H27N5O5S2. The second-order valence-electron chi connectivity index (χ2n) is 8.38. The SMILES string of the molecule is CCn1c(SCC(=O)Nc2ccc3c(c2)OCCO3)nnc1-c1ccc(S(=O)(=O)N2CCCC2)cc1. The Labute approximate surface area is 214 Å². The number of hydrogen-bond acceptors (Lipinski definition) is 8. The van der Waals surface area contributed by atoms with Crippen molar-refractivity contribution < 1.29 is 22.7 Å². The number of amides is 1. The molecule has 10 nitrogen and oxygen atoms in total. The van der Waals surface area contributed by atoms with E-state index < -0.39 is 10.0 Å². The number of fused-ring (bicyclic) bond motifs is 1. The Balaban J connectivity index is 1.24. The maximum absolute atomic E-state index is 12.8. The molecule has 0 radical (unpaired) electrons. The van der Waals surface area contributed by atoms with Crippen LogP contribution in [0.25, 0.3) is 11.4 Å². The average molecular weight is 530 g/mol. The number of sulfonamides is 1. The number of nitrogens with zero attached hydrogens (tertiary/aromatic N) is 4. The van der Waals surface area contributed by atoms with Crippen LogP contribution in [0.2, 0.25) is 0 Å². The number of hydrogen-bond donors (Lipinski definition) is 1. The van der Waals surface area contributed by atoms with E-state index >= 15 is 0 Å². The number of ether oxygens (including phenoxy) is 2. The molecule has 1 N–H and O–H groups in total. The highest BCUT2D eigenvalue weighted by Crippen LogP contribution is 2.33. The predicted molar refractivity (Wildman–Crippen MR) is 136 cm³/mol. The normalized spacial score (nSPS) is 15.7. The lowest BCUT2D eigenvalue weighted by Crippen LogP contribution is -2.27. The molecule has 5 rings (SSSR count). The molecule has 0 bridgehead atoms. The number of anilines is 1. The monoisotopic (exact) mass is 529 g/mol. The number of rotatable bonds is 8. The summed E-state index contributed by atoms with van der Waals surface area (Å²) in [5.41, 5.74) is 1.39. The van der Waals surface area contributed by atoms with E-state index in [2.05, 4.69) is 15.5 Å². The molecule has 0 spiro atoms. The van der Waals surface area contributed by atoms with Crippen LogP contribution >= 0.6 is 11.8 Å². The fourth-order valence-electron chi connectivity index (χ4n) is 4.20. The van der Waals surface area contributed by atoms with Crippen molar-refractivity contribution in [3.05, 3.63) is 42.5 Å². The average Bonchev–Trinajstić information content (AvgIpc) is 3.58. The predicted octanol–water partition coefficient (Wildman–Crippen LogP) is 3.25. The molecule has 1 fully saturated rings. The smallest absolute Gasteiger partial charge is 0.243 e. The maximum atomic E-state index is 12.8. The van der Waals surface area contributed by atoms with E-state index in [1.54, 1.807) is 42.5 Å². The summed E-state index contributed by atoms with van der Waals surface area (Å²) in [5, 5.41) is 12.1. The Kier molecular flexibility index (Phi) is 7.17. The van der Waals surface area contributed by atoms with Crippen LogP contribution in [0.5, 0.6) is 11.5 Å². The van der Waals surface area contributed by atoms with Gasteiger partial charge < -0.3 is 19.4 Å². The lowest BCUT2D eigenvalue weighted by Gasteiger charge is -2.19. The van der Waals surface area contributed by atoms with Gasteiger partial charge in [-0.2, -0.15) is 4.31 Å². The van der Waals surface area contributed by atoms with Crippen molar-refractivity contribution in [2.24, 2.45) is 0 Å². The highest BCUT2D eigenvalue weighted by atomic mass is 32.2. The second-order valence-corrected chi connectivity index (χ2v) is 11.3. The fraction of sp³-hybridized carbons (Fsp3) is 0.375. The van der Waals surface area contributed by atoms with Gasteiger partial charge >= 0.3 is 0 Å². The van der Waals surface area contributed by atoms with Crippen LogP contribution in [0.4, 0.5) is 5.69 Å². The van der Waals surface area contributed by atoms with Crippen molar-refractivity contribution in [2.45, 2.75) is 36.4 Å². The van der Waals surface area contributed by atoms with Crippen molar-refractivity contribution in [2.75, 3.05) is 37.4 Å². The summed E-state index contributed by atoms with van der Waals surface area (Å²) in [6.07, 6.45) is 1.79. The van der Waals surface area contributed by atoms with Gasteiger partial charge in [0.2, 0.25) is 15.9 Å². The molecule has 0 atom stereocenters. The van der Waals surface area contributed by atoms with E-state index in [1.165, 1.54) is 16.1 Å². The molecule has 3 heterocycles. The zero-order chi connectivity index (χ0) is 25.1. The van der Waals surface area contributed by atoms with Crippen LogP contribution in [-0.2, 0) is 21.4 Å². The first-order valence-corrected chi connectivity index (χ1v) is 14.2. The number of nitrogens with one attached hydrogen (secondary N) is 1. The highest BCUT2D eigenvalue weighted by Gasteiger charge is 2.27. The number of carbonyl (C=O) groups excluding carboxylic acids is 1. The summed E-state index contributed by atoms with van der Waals surface area (Å²) in [7, 11) is -3.47. The Morgan fingerprint density at radius 1 is 1.03 bits per heavy atom. The molecule has 3 aromatic rings. The van der Waals surface area contributed by atoms with Gasteiger partial charge in [0.25, 0.3) is 0 Å². The van der Waals surface area contributed by atoms with Gasteiger partial charge in [-0.05, 0) is 56.2 Å². The minimum Gasteiger partial charge on any atom is -0.486 e. The second kappa shape index (κ2) is 10.5. The van der Waals surface area contributed by atoms with Crippen LogP contribution in [0.15, 0.2) is 52.5 Å². The molecule has 0 saturated carbocycles. The van der Waals surface area contributed by atoms with Gasteiger partial charge in [-0.15, -0.1) is 10.2 Å². The molecule has 0 unspecified atom stereocenters. The zero-order valence-electron chi connectivity index (χ0n) is 19.8. The van der Waals surface area contributed by atoms with Crippen molar-refractivity contribution in [1.82, 2.24) is 19.1 Å². The third-order valence-corrected chi connectivity index (χ3v) is 8.89. The van der Waals surface area contributed by atoms with Crippen molar-refractivity contribution in [3.8, 4) is 22.9 Å². The number of carbonyl (C=O) groups is 1. The Morgan fingerprint density at radius 2 is 1.75 bits per heavy atom. The zero-order valence-corrected chi connectivity index (χ0v) is 21.5. The maximum Gasteiger partial charge on any atom is 0.243 e. The molecule has 190 valence electrons. The Bertz CT molecular complexity index is 1350. The van der Waals surface area contributed by atoms with E-state index in [0.29, 0.717) is 61.0 Å².